The van der Waals surface area contributed by atoms with Crippen LogP contribution >= 0.6 is 11.3 Å². The molecular weight excluding hydrogens is 148 g/mol. The normalized spacial score (nSPS) is 13.5. The molecule has 1 atom stereocenters. The molecular formula is C7H10O2S. The van der Waals surface area contributed by atoms with Gasteiger partial charge in [0.05, 0.1) is 0 Å². The van der Waals surface area contributed by atoms with Gasteiger partial charge in [-0.25, -0.2) is 0 Å². The summed E-state index contributed by atoms with van der Waals surface area (Å²) in [5.41, 5.74) is 1.95. The van der Waals surface area contributed by atoms with Crippen LogP contribution in [0.1, 0.15) is 17.4 Å². The van der Waals surface area contributed by atoms with Gasteiger partial charge in [0.2, 0.25) is 0 Å². The standard InChI is InChI=1S/C7H10O2S/c1-5-3-10-4-6(5)7(8)9-2/h3-4,7-8H,1-2H3. The lowest BCUT2D eigenvalue weighted by atomic mass is 10.2. The van der Waals surface area contributed by atoms with Crippen molar-refractivity contribution in [3.8, 4) is 0 Å². The monoisotopic (exact) mass is 158 g/mol. The summed E-state index contributed by atoms with van der Waals surface area (Å²) in [6.45, 7) is 1.95. The summed E-state index contributed by atoms with van der Waals surface area (Å²) >= 11 is 1.57. The molecule has 0 aliphatic carbocycles. The second-order valence-electron chi connectivity index (χ2n) is 2.10. The summed E-state index contributed by atoms with van der Waals surface area (Å²) in [5, 5.41) is 13.1. The highest BCUT2D eigenvalue weighted by molar-refractivity contribution is 7.08. The first-order chi connectivity index (χ1) is 4.75. The predicted octanol–water partition coefficient (Wildman–Crippen LogP) is 1.69. The van der Waals surface area contributed by atoms with Crippen molar-refractivity contribution in [3.63, 3.8) is 0 Å². The van der Waals surface area contributed by atoms with Crippen molar-refractivity contribution in [2.45, 2.75) is 13.2 Å². The molecule has 3 heteroatoms. The molecule has 0 radical (unpaired) electrons. The molecule has 1 N–H and O–H groups in total. The third kappa shape index (κ3) is 1.37. The Hall–Kier alpha value is -0.380. The Kier molecular flexibility index (Phi) is 2.43. The van der Waals surface area contributed by atoms with Gasteiger partial charge in [-0.3, -0.25) is 0 Å². The van der Waals surface area contributed by atoms with E-state index in [2.05, 4.69) is 0 Å². The average Bonchev–Trinajstić information content (AvgIpc) is 2.34. The molecule has 0 aromatic carbocycles. The van der Waals surface area contributed by atoms with Gasteiger partial charge in [-0.05, 0) is 23.2 Å². The molecule has 56 valence electrons. The highest BCUT2D eigenvalue weighted by Gasteiger charge is 2.08. The summed E-state index contributed by atoms with van der Waals surface area (Å²) in [6.07, 6.45) is -0.758. The summed E-state index contributed by atoms with van der Waals surface area (Å²) in [5.74, 6) is 0. The molecule has 0 spiro atoms. The van der Waals surface area contributed by atoms with Crippen LogP contribution in [-0.2, 0) is 4.74 Å². The first kappa shape index (κ1) is 7.72. The predicted molar refractivity (Wildman–Crippen MR) is 41.0 cm³/mol. The third-order valence-electron chi connectivity index (χ3n) is 1.38. The lowest BCUT2D eigenvalue weighted by Gasteiger charge is -2.06. The SMILES string of the molecule is COC(O)c1cscc1C. The van der Waals surface area contributed by atoms with E-state index in [0.717, 1.165) is 11.1 Å². The van der Waals surface area contributed by atoms with E-state index >= 15 is 0 Å². The zero-order chi connectivity index (χ0) is 7.56. The van der Waals surface area contributed by atoms with Gasteiger partial charge in [0, 0.05) is 12.7 Å². The Morgan fingerprint density at radius 3 is 2.70 bits per heavy atom. The topological polar surface area (TPSA) is 29.5 Å². The van der Waals surface area contributed by atoms with Crippen LogP contribution in [0.5, 0.6) is 0 Å². The zero-order valence-electron chi connectivity index (χ0n) is 6.00. The van der Waals surface area contributed by atoms with E-state index in [1.807, 2.05) is 17.7 Å². The smallest absolute Gasteiger partial charge is 0.181 e. The fourth-order valence-electron chi connectivity index (χ4n) is 0.750. The molecule has 1 heterocycles. The fraction of sp³-hybridized carbons (Fsp3) is 0.429. The Bertz CT molecular complexity index is 207. The van der Waals surface area contributed by atoms with Crippen molar-refractivity contribution >= 4 is 11.3 Å². The molecule has 0 saturated heterocycles. The molecule has 0 aliphatic heterocycles. The molecule has 1 aromatic rings. The minimum atomic E-state index is -0.758. The number of hydrogen-bond acceptors (Lipinski definition) is 3. The number of rotatable bonds is 2. The number of aliphatic hydroxyl groups is 1. The highest BCUT2D eigenvalue weighted by Crippen LogP contribution is 2.21. The second kappa shape index (κ2) is 3.14. The first-order valence-corrected chi connectivity index (χ1v) is 3.93. The van der Waals surface area contributed by atoms with E-state index in [1.165, 1.54) is 7.11 Å². The number of thiophene rings is 1. The van der Waals surface area contributed by atoms with Gasteiger partial charge >= 0.3 is 0 Å². The summed E-state index contributed by atoms with van der Waals surface area (Å²) in [7, 11) is 1.49. The number of hydrogen-bond donors (Lipinski definition) is 1. The maximum atomic E-state index is 9.18. The minimum Gasteiger partial charge on any atom is -0.364 e. The van der Waals surface area contributed by atoms with E-state index in [9.17, 15) is 5.11 Å². The summed E-state index contributed by atoms with van der Waals surface area (Å²) in [4.78, 5) is 0. The Morgan fingerprint density at radius 1 is 1.60 bits per heavy atom. The average molecular weight is 158 g/mol. The Morgan fingerprint density at radius 2 is 2.30 bits per heavy atom. The minimum absolute atomic E-state index is 0.758. The van der Waals surface area contributed by atoms with E-state index in [0.29, 0.717) is 0 Å². The van der Waals surface area contributed by atoms with Crippen LogP contribution in [0.2, 0.25) is 0 Å². The summed E-state index contributed by atoms with van der Waals surface area (Å²) in [6, 6.07) is 0. The molecule has 1 rings (SSSR count). The van der Waals surface area contributed by atoms with Gasteiger partial charge in [-0.1, -0.05) is 0 Å². The molecule has 10 heavy (non-hydrogen) atoms. The van der Waals surface area contributed by atoms with Crippen LogP contribution in [0.4, 0.5) is 0 Å². The molecule has 0 bridgehead atoms. The van der Waals surface area contributed by atoms with E-state index in [4.69, 9.17) is 4.74 Å². The largest absolute Gasteiger partial charge is 0.364 e. The second-order valence-corrected chi connectivity index (χ2v) is 2.84. The van der Waals surface area contributed by atoms with Crippen LogP contribution in [0.15, 0.2) is 10.8 Å². The van der Waals surface area contributed by atoms with Crippen LogP contribution in [0, 0.1) is 6.92 Å². The number of aliphatic hydroxyl groups excluding tert-OH is 1. The molecule has 0 fully saturated rings. The summed E-state index contributed by atoms with van der Waals surface area (Å²) < 4.78 is 4.74. The first-order valence-electron chi connectivity index (χ1n) is 2.99. The van der Waals surface area contributed by atoms with Crippen molar-refractivity contribution in [3.05, 3.63) is 21.9 Å². The lowest BCUT2D eigenvalue weighted by Crippen LogP contribution is -1.98. The molecule has 1 aromatic heterocycles. The maximum Gasteiger partial charge on any atom is 0.181 e. The molecule has 0 saturated carbocycles. The molecule has 0 amide bonds. The van der Waals surface area contributed by atoms with E-state index < -0.39 is 6.29 Å². The van der Waals surface area contributed by atoms with Crippen LogP contribution in [0.25, 0.3) is 0 Å². The Balaban J connectivity index is 2.82. The van der Waals surface area contributed by atoms with Gasteiger partial charge in [-0.2, -0.15) is 11.3 Å². The van der Waals surface area contributed by atoms with Crippen LogP contribution < -0.4 is 0 Å². The highest BCUT2D eigenvalue weighted by atomic mass is 32.1. The van der Waals surface area contributed by atoms with E-state index in [-0.39, 0.29) is 0 Å². The third-order valence-corrected chi connectivity index (χ3v) is 2.26. The molecule has 2 nitrogen and oxygen atoms in total. The fourth-order valence-corrected chi connectivity index (χ4v) is 1.61. The zero-order valence-corrected chi connectivity index (χ0v) is 6.81. The number of methoxy groups -OCH3 is 1. The molecule has 1 unspecified atom stereocenters. The van der Waals surface area contributed by atoms with Crippen molar-refractivity contribution < 1.29 is 9.84 Å². The quantitative estimate of drug-likeness (QED) is 0.664. The molecule has 0 aliphatic rings. The van der Waals surface area contributed by atoms with Crippen molar-refractivity contribution in [1.82, 2.24) is 0 Å². The van der Waals surface area contributed by atoms with Crippen molar-refractivity contribution in [2.75, 3.05) is 7.11 Å². The lowest BCUT2D eigenvalue weighted by molar-refractivity contribution is -0.0770. The van der Waals surface area contributed by atoms with Gasteiger partial charge in [0.1, 0.15) is 0 Å². The van der Waals surface area contributed by atoms with Gasteiger partial charge in [0.25, 0.3) is 0 Å². The van der Waals surface area contributed by atoms with E-state index in [1.54, 1.807) is 11.3 Å². The van der Waals surface area contributed by atoms with Crippen LogP contribution in [0.3, 0.4) is 0 Å². The van der Waals surface area contributed by atoms with Gasteiger partial charge < -0.3 is 9.84 Å². The van der Waals surface area contributed by atoms with Crippen molar-refractivity contribution in [1.29, 1.82) is 0 Å². The number of aryl methyl sites for hydroxylation is 1. The van der Waals surface area contributed by atoms with Crippen molar-refractivity contribution in [2.24, 2.45) is 0 Å². The maximum absolute atomic E-state index is 9.18. The van der Waals surface area contributed by atoms with Crippen LogP contribution in [-0.4, -0.2) is 12.2 Å². The van der Waals surface area contributed by atoms with Gasteiger partial charge in [-0.15, -0.1) is 0 Å². The Labute approximate surface area is 64.1 Å². The number of ether oxygens (including phenoxy) is 1. The van der Waals surface area contributed by atoms with Gasteiger partial charge in [0.15, 0.2) is 6.29 Å².